The van der Waals surface area contributed by atoms with Crippen LogP contribution in [0.1, 0.15) is 50.6 Å². The average molecular weight is 608 g/mol. The van der Waals surface area contributed by atoms with E-state index >= 15 is 13.2 Å². The third-order valence-corrected chi connectivity index (χ3v) is 10.0. The number of ether oxygens (including phenoxy) is 3. The number of hydrogen-bond donors (Lipinski definition) is 1. The Kier molecular flexibility index (Phi) is 7.76. The molecule has 0 radical (unpaired) electrons. The van der Waals surface area contributed by atoms with Crippen molar-refractivity contribution >= 4 is 35.4 Å². The molecule has 1 fully saturated rings. The molecule has 0 saturated carbocycles. The van der Waals surface area contributed by atoms with E-state index in [0.717, 1.165) is 5.56 Å². The zero-order chi connectivity index (χ0) is 30.4. The molecule has 2 aliphatic rings. The standard InChI is InChI=1S/C28H33F3N5O5P/c1-16-18-8-6-7-9-19(18)39-12-13-40-25-34-22-17(2)33-24(21(28(29,30)31)20(22)23(32-16)35-25)42(38)14-10-36(11-15-42)26(37)41-27(3,4)5/h6-9,16H,10-15H2,1-5H3,(H,32,34,35)/t16-/m1/s1. The normalized spacial score (nSPS) is 19.0. The Bertz CT molecular complexity index is 1560. The first kappa shape index (κ1) is 29.9. The maximum atomic E-state index is 15.0. The number of benzene rings is 1. The predicted octanol–water partition coefficient (Wildman–Crippen LogP) is 5.54. The summed E-state index contributed by atoms with van der Waals surface area (Å²) in [5.74, 6) is 0.446. The minimum atomic E-state index is -4.94. The maximum Gasteiger partial charge on any atom is 0.419 e. The summed E-state index contributed by atoms with van der Waals surface area (Å²) in [4.78, 5) is 26.8. The number of anilines is 1. The molecule has 0 spiro atoms. The van der Waals surface area contributed by atoms with Gasteiger partial charge in [-0.3, -0.25) is 0 Å². The predicted molar refractivity (Wildman–Crippen MR) is 151 cm³/mol. The maximum absolute atomic E-state index is 15.0. The zero-order valence-electron chi connectivity index (χ0n) is 24.0. The Morgan fingerprint density at radius 3 is 2.40 bits per heavy atom. The van der Waals surface area contributed by atoms with Crippen molar-refractivity contribution in [3.05, 3.63) is 41.1 Å². The monoisotopic (exact) mass is 607 g/mol. The molecule has 1 atom stereocenters. The van der Waals surface area contributed by atoms with Crippen molar-refractivity contribution in [2.75, 3.05) is 43.9 Å². The van der Waals surface area contributed by atoms with Crippen molar-refractivity contribution < 1.29 is 36.7 Å². The van der Waals surface area contributed by atoms with Crippen LogP contribution in [0.15, 0.2) is 24.3 Å². The summed E-state index contributed by atoms with van der Waals surface area (Å²) in [6, 6.07) is 6.55. The Morgan fingerprint density at radius 1 is 1.07 bits per heavy atom. The molecule has 2 bridgehead atoms. The molecule has 14 heteroatoms. The Hall–Kier alpha value is -3.60. The number of nitrogens with zero attached hydrogens (tertiary/aromatic N) is 4. The third kappa shape index (κ3) is 5.97. The lowest BCUT2D eigenvalue weighted by Gasteiger charge is -2.34. The summed E-state index contributed by atoms with van der Waals surface area (Å²) in [6.45, 7) is 8.66. The minimum Gasteiger partial charge on any atom is -0.490 e. The number of pyridine rings is 1. The van der Waals surface area contributed by atoms with E-state index in [1.807, 2.05) is 12.1 Å². The van der Waals surface area contributed by atoms with E-state index in [1.165, 1.54) is 11.8 Å². The molecule has 0 unspecified atom stereocenters. The van der Waals surface area contributed by atoms with Gasteiger partial charge in [-0.25, -0.2) is 9.78 Å². The van der Waals surface area contributed by atoms with Gasteiger partial charge in [0.05, 0.1) is 22.7 Å². The van der Waals surface area contributed by atoms with Crippen LogP contribution in [0, 0.1) is 6.92 Å². The second kappa shape index (κ2) is 10.9. The number of aryl methyl sites for hydroxylation is 1. The fourth-order valence-electron chi connectivity index (χ4n) is 5.10. The molecular formula is C28H33F3N5O5P. The summed E-state index contributed by atoms with van der Waals surface area (Å²) in [6.07, 6.45) is -5.87. The second-order valence-electron chi connectivity index (χ2n) is 11.4. The van der Waals surface area contributed by atoms with Gasteiger partial charge in [0.15, 0.2) is 0 Å². The van der Waals surface area contributed by atoms with Crippen molar-refractivity contribution in [3.63, 3.8) is 0 Å². The fourth-order valence-corrected chi connectivity index (χ4v) is 7.85. The van der Waals surface area contributed by atoms with Crippen LogP contribution in [0.2, 0.25) is 0 Å². The number of rotatable bonds is 1. The molecule has 3 aromatic rings. The molecule has 2 aliphatic heterocycles. The number of amides is 1. The zero-order valence-corrected chi connectivity index (χ0v) is 24.9. The van der Waals surface area contributed by atoms with Crippen molar-refractivity contribution in [3.8, 4) is 11.8 Å². The van der Waals surface area contributed by atoms with Gasteiger partial charge in [-0.05, 0) is 40.7 Å². The van der Waals surface area contributed by atoms with Crippen LogP contribution < -0.4 is 20.2 Å². The lowest BCUT2D eigenvalue weighted by Crippen LogP contribution is -2.44. The minimum absolute atomic E-state index is 0.0234. The molecule has 10 nitrogen and oxygen atoms in total. The third-order valence-electron chi connectivity index (χ3n) is 7.07. The van der Waals surface area contributed by atoms with E-state index in [0.29, 0.717) is 5.75 Å². The van der Waals surface area contributed by atoms with Gasteiger partial charge in [0.2, 0.25) is 0 Å². The number of para-hydroxylation sites is 1. The average Bonchev–Trinajstić information content (AvgIpc) is 2.92. The van der Waals surface area contributed by atoms with Crippen LogP contribution in [-0.4, -0.2) is 70.2 Å². The summed E-state index contributed by atoms with van der Waals surface area (Å²) in [7, 11) is -3.71. The number of aromatic nitrogens is 3. The van der Waals surface area contributed by atoms with Gasteiger partial charge >= 0.3 is 18.3 Å². The van der Waals surface area contributed by atoms with Crippen LogP contribution in [0.4, 0.5) is 23.8 Å². The highest BCUT2D eigenvalue weighted by molar-refractivity contribution is 7.71. The Balaban J connectivity index is 1.63. The summed E-state index contributed by atoms with van der Waals surface area (Å²) < 4.78 is 76.2. The number of carbonyl (C=O) groups excluding carboxylic acids is 1. The molecule has 1 N–H and O–H groups in total. The van der Waals surface area contributed by atoms with Crippen molar-refractivity contribution in [1.82, 2.24) is 19.9 Å². The molecule has 1 aromatic carbocycles. The molecule has 42 heavy (non-hydrogen) atoms. The van der Waals surface area contributed by atoms with Crippen LogP contribution in [0.25, 0.3) is 10.9 Å². The van der Waals surface area contributed by atoms with Crippen LogP contribution in [-0.2, 0) is 15.5 Å². The quantitative estimate of drug-likeness (QED) is 0.356. The number of fused-ring (bicyclic) bond motifs is 5. The van der Waals surface area contributed by atoms with E-state index in [9.17, 15) is 9.36 Å². The molecule has 0 aliphatic carbocycles. The van der Waals surface area contributed by atoms with Crippen LogP contribution >= 0.6 is 7.14 Å². The molecule has 1 amide bonds. The summed E-state index contributed by atoms with van der Waals surface area (Å²) >= 11 is 0. The van der Waals surface area contributed by atoms with Gasteiger partial charge < -0.3 is 29.0 Å². The van der Waals surface area contributed by atoms with E-state index in [-0.39, 0.29) is 67.1 Å². The van der Waals surface area contributed by atoms with Gasteiger partial charge in [0.1, 0.15) is 48.5 Å². The lowest BCUT2D eigenvalue weighted by molar-refractivity contribution is -0.135. The SMILES string of the molecule is Cc1nc(P2(=O)CCN(C(=O)OC(C)(C)C)CC2)c(C(F)(F)F)c2c3nc(nc12)OCCOc1ccccc1[C@@H](C)N3. The highest BCUT2D eigenvalue weighted by Gasteiger charge is 2.46. The number of nitrogens with one attached hydrogen (secondary N) is 1. The number of alkyl halides is 3. The number of hydrogen-bond acceptors (Lipinski definition) is 9. The Morgan fingerprint density at radius 2 is 1.74 bits per heavy atom. The van der Waals surface area contributed by atoms with Gasteiger partial charge in [-0.15, -0.1) is 0 Å². The van der Waals surface area contributed by atoms with Crippen LogP contribution in [0.3, 0.4) is 0 Å². The van der Waals surface area contributed by atoms with E-state index in [4.69, 9.17) is 14.2 Å². The number of carbonyl (C=O) groups is 1. The van der Waals surface area contributed by atoms with E-state index in [1.54, 1.807) is 39.8 Å². The number of halogens is 3. The van der Waals surface area contributed by atoms with Crippen molar-refractivity contribution in [1.29, 1.82) is 0 Å². The van der Waals surface area contributed by atoms with Gasteiger partial charge in [-0.2, -0.15) is 23.1 Å². The van der Waals surface area contributed by atoms with Gasteiger partial charge in [0, 0.05) is 31.0 Å². The second-order valence-corrected chi connectivity index (χ2v) is 14.5. The van der Waals surface area contributed by atoms with E-state index in [2.05, 4.69) is 20.3 Å². The topological polar surface area (TPSA) is 116 Å². The van der Waals surface area contributed by atoms with E-state index < -0.39 is 42.1 Å². The smallest absolute Gasteiger partial charge is 0.419 e. The molecule has 226 valence electrons. The van der Waals surface area contributed by atoms with Gasteiger partial charge in [0.25, 0.3) is 0 Å². The summed E-state index contributed by atoms with van der Waals surface area (Å²) in [5, 5.41) is 2.78. The Labute approximate surface area is 241 Å². The van der Waals surface area contributed by atoms with Crippen molar-refractivity contribution in [2.24, 2.45) is 0 Å². The van der Waals surface area contributed by atoms with Gasteiger partial charge in [-0.1, -0.05) is 18.2 Å². The van der Waals surface area contributed by atoms with Crippen LogP contribution in [0.5, 0.6) is 11.8 Å². The largest absolute Gasteiger partial charge is 0.490 e. The highest BCUT2D eigenvalue weighted by Crippen LogP contribution is 2.51. The lowest BCUT2D eigenvalue weighted by atomic mass is 10.1. The first-order valence-corrected chi connectivity index (χ1v) is 15.7. The van der Waals surface area contributed by atoms with Crippen molar-refractivity contribution in [2.45, 2.75) is 52.4 Å². The highest BCUT2D eigenvalue weighted by atomic mass is 31.2. The molecule has 1 saturated heterocycles. The molecule has 4 heterocycles. The molecular weight excluding hydrogens is 574 g/mol. The fraction of sp³-hybridized carbons (Fsp3) is 0.500. The first-order chi connectivity index (χ1) is 19.7. The molecule has 2 aromatic heterocycles. The first-order valence-electron chi connectivity index (χ1n) is 13.6. The molecule has 5 rings (SSSR count). The summed E-state index contributed by atoms with van der Waals surface area (Å²) in [5.41, 5.74) is -1.59.